The van der Waals surface area contributed by atoms with Crippen LogP contribution in [0.1, 0.15) is 5.56 Å². The molecule has 0 aliphatic heterocycles. The van der Waals surface area contributed by atoms with Crippen molar-refractivity contribution in [3.05, 3.63) is 51.2 Å². The third-order valence-corrected chi connectivity index (χ3v) is 3.99. The molecule has 2 aromatic carbocycles. The topological polar surface area (TPSA) is 53.7 Å². The molecule has 6 heteroatoms. The van der Waals surface area contributed by atoms with E-state index >= 15 is 0 Å². The van der Waals surface area contributed by atoms with Crippen LogP contribution in [-0.2, 0) is 0 Å². The summed E-state index contributed by atoms with van der Waals surface area (Å²) in [4.78, 5) is 3.15. The van der Waals surface area contributed by atoms with Crippen molar-refractivity contribution in [3.8, 4) is 17.5 Å². The van der Waals surface area contributed by atoms with Gasteiger partial charge in [0, 0.05) is 4.47 Å². The number of para-hydroxylation sites is 1. The summed E-state index contributed by atoms with van der Waals surface area (Å²) in [7, 11) is 1.58. The summed E-state index contributed by atoms with van der Waals surface area (Å²) in [5.74, 6) is 0.603. The number of nitrogens with zero attached hydrogens (tertiary/aromatic N) is 2. The zero-order valence-corrected chi connectivity index (χ0v) is 13.5. The van der Waals surface area contributed by atoms with Crippen molar-refractivity contribution in [2.45, 2.75) is 0 Å². The highest BCUT2D eigenvalue weighted by Gasteiger charge is 2.15. The largest absolute Gasteiger partial charge is 0.495 e. The molecule has 104 valence electrons. The number of hydrogen-bond donors (Lipinski definition) is 1. The normalized spacial score (nSPS) is 10.5. The second-order valence-electron chi connectivity index (χ2n) is 4.40. The molecule has 0 bridgehead atoms. The lowest BCUT2D eigenvalue weighted by Gasteiger charge is -2.12. The van der Waals surface area contributed by atoms with Gasteiger partial charge in [0.05, 0.1) is 23.7 Å². The van der Waals surface area contributed by atoms with Gasteiger partial charge in [0.25, 0.3) is 0 Å². The van der Waals surface area contributed by atoms with Gasteiger partial charge in [-0.1, -0.05) is 22.0 Å². The van der Waals surface area contributed by atoms with Crippen LogP contribution < -0.4 is 4.74 Å². The molecular weight excluding hydrogens is 350 g/mol. The molecule has 0 saturated carbocycles. The molecule has 1 N–H and O–H groups in total. The fourth-order valence-electron chi connectivity index (χ4n) is 2.31. The third-order valence-electron chi connectivity index (χ3n) is 3.21. The maximum absolute atomic E-state index is 9.38. The summed E-state index contributed by atoms with van der Waals surface area (Å²) < 4.78 is 8.68. The highest BCUT2D eigenvalue weighted by Crippen LogP contribution is 2.31. The number of halogens is 1. The molecule has 0 atom stereocenters. The molecule has 0 radical (unpaired) electrons. The lowest BCUT2D eigenvalue weighted by Crippen LogP contribution is -2.01. The van der Waals surface area contributed by atoms with Crippen molar-refractivity contribution < 1.29 is 4.74 Å². The van der Waals surface area contributed by atoms with Crippen LogP contribution in [0.3, 0.4) is 0 Å². The summed E-state index contributed by atoms with van der Waals surface area (Å²) in [6, 6.07) is 13.4. The zero-order valence-electron chi connectivity index (χ0n) is 11.1. The minimum absolute atomic E-state index is 0.506. The third kappa shape index (κ3) is 2.24. The Labute approximate surface area is 134 Å². The summed E-state index contributed by atoms with van der Waals surface area (Å²) >= 11 is 8.88. The number of fused-ring (bicyclic) bond motifs is 1. The molecule has 0 unspecified atom stereocenters. The van der Waals surface area contributed by atoms with Crippen LogP contribution in [0.15, 0.2) is 40.9 Å². The number of imidazole rings is 1. The summed E-state index contributed by atoms with van der Waals surface area (Å²) in [6.07, 6.45) is 0. The Morgan fingerprint density at radius 1 is 1.33 bits per heavy atom. The van der Waals surface area contributed by atoms with E-state index in [1.807, 2.05) is 28.8 Å². The van der Waals surface area contributed by atoms with Gasteiger partial charge in [0.1, 0.15) is 17.5 Å². The smallest absolute Gasteiger partial charge is 0.182 e. The number of nitrogens with one attached hydrogen (secondary N) is 1. The van der Waals surface area contributed by atoms with Crippen molar-refractivity contribution in [2.75, 3.05) is 7.11 Å². The standard InChI is InChI=1S/C15H10BrN3OS/c1-20-13-4-2-3-9(8-17)14(13)19-12-7-10(16)5-6-11(12)18-15(19)21/h2-7H,1H3,(H,18,21). The van der Waals surface area contributed by atoms with Crippen molar-refractivity contribution in [1.82, 2.24) is 9.55 Å². The Bertz CT molecular complexity index is 936. The molecule has 4 nitrogen and oxygen atoms in total. The minimum Gasteiger partial charge on any atom is -0.495 e. The van der Waals surface area contributed by atoms with Crippen LogP contribution in [0, 0.1) is 16.1 Å². The van der Waals surface area contributed by atoms with Crippen LogP contribution in [0.4, 0.5) is 0 Å². The summed E-state index contributed by atoms with van der Waals surface area (Å²) in [5.41, 5.74) is 2.94. The number of benzene rings is 2. The summed E-state index contributed by atoms with van der Waals surface area (Å²) in [6.45, 7) is 0. The zero-order chi connectivity index (χ0) is 15.0. The Balaban J connectivity index is 2.47. The Morgan fingerprint density at radius 3 is 2.86 bits per heavy atom. The van der Waals surface area contributed by atoms with E-state index in [1.165, 1.54) is 0 Å². The lowest BCUT2D eigenvalue weighted by atomic mass is 10.1. The second-order valence-corrected chi connectivity index (χ2v) is 5.70. The molecular formula is C15H10BrN3OS. The first-order chi connectivity index (χ1) is 10.2. The van der Waals surface area contributed by atoms with Crippen LogP contribution in [-0.4, -0.2) is 16.7 Å². The average molecular weight is 360 g/mol. The van der Waals surface area contributed by atoms with E-state index in [9.17, 15) is 5.26 Å². The Morgan fingerprint density at radius 2 is 2.14 bits per heavy atom. The van der Waals surface area contributed by atoms with Crippen LogP contribution in [0.2, 0.25) is 0 Å². The quantitative estimate of drug-likeness (QED) is 0.692. The fraction of sp³-hybridized carbons (Fsp3) is 0.0667. The number of aromatic nitrogens is 2. The van der Waals surface area contributed by atoms with E-state index in [2.05, 4.69) is 27.0 Å². The van der Waals surface area contributed by atoms with Crippen molar-refractivity contribution >= 4 is 39.2 Å². The van der Waals surface area contributed by atoms with Gasteiger partial charge < -0.3 is 9.72 Å². The van der Waals surface area contributed by atoms with E-state index in [0.717, 1.165) is 15.5 Å². The Hall–Kier alpha value is -2.10. The van der Waals surface area contributed by atoms with Gasteiger partial charge >= 0.3 is 0 Å². The monoisotopic (exact) mass is 359 g/mol. The first-order valence-corrected chi connectivity index (χ1v) is 7.33. The van der Waals surface area contributed by atoms with Crippen molar-refractivity contribution in [2.24, 2.45) is 0 Å². The number of ether oxygens (including phenoxy) is 1. The number of H-pyrrole nitrogens is 1. The van der Waals surface area contributed by atoms with Gasteiger partial charge in [-0.2, -0.15) is 5.26 Å². The summed E-state index contributed by atoms with van der Waals surface area (Å²) in [5, 5.41) is 9.38. The maximum atomic E-state index is 9.38. The molecule has 0 aliphatic rings. The SMILES string of the molecule is COc1cccc(C#N)c1-n1c(=S)[nH]c2ccc(Br)cc21. The Kier molecular flexibility index (Phi) is 3.53. The van der Waals surface area contributed by atoms with Gasteiger partial charge in [-0.15, -0.1) is 0 Å². The average Bonchev–Trinajstić information content (AvgIpc) is 2.81. The second kappa shape index (κ2) is 5.35. The van der Waals surface area contributed by atoms with E-state index in [-0.39, 0.29) is 0 Å². The fourth-order valence-corrected chi connectivity index (χ4v) is 2.95. The number of nitriles is 1. The van der Waals surface area contributed by atoms with E-state index in [0.29, 0.717) is 21.8 Å². The lowest BCUT2D eigenvalue weighted by molar-refractivity contribution is 0.413. The van der Waals surface area contributed by atoms with Gasteiger partial charge in [-0.3, -0.25) is 4.57 Å². The predicted octanol–water partition coefficient (Wildman–Crippen LogP) is 4.33. The minimum atomic E-state index is 0.506. The van der Waals surface area contributed by atoms with Crippen LogP contribution >= 0.6 is 28.1 Å². The molecule has 0 amide bonds. The molecule has 3 aromatic rings. The van der Waals surface area contributed by atoms with E-state index in [1.54, 1.807) is 19.2 Å². The van der Waals surface area contributed by atoms with Gasteiger partial charge in [-0.25, -0.2) is 0 Å². The molecule has 3 rings (SSSR count). The predicted molar refractivity (Wildman–Crippen MR) is 87.4 cm³/mol. The van der Waals surface area contributed by atoms with E-state index in [4.69, 9.17) is 17.0 Å². The molecule has 1 heterocycles. The molecule has 0 spiro atoms. The maximum Gasteiger partial charge on any atom is 0.182 e. The van der Waals surface area contributed by atoms with E-state index < -0.39 is 0 Å². The highest BCUT2D eigenvalue weighted by molar-refractivity contribution is 9.10. The highest BCUT2D eigenvalue weighted by atomic mass is 79.9. The molecule has 0 saturated heterocycles. The number of aromatic amines is 1. The number of methoxy groups -OCH3 is 1. The molecule has 1 aromatic heterocycles. The number of rotatable bonds is 2. The van der Waals surface area contributed by atoms with Crippen molar-refractivity contribution in [1.29, 1.82) is 5.26 Å². The van der Waals surface area contributed by atoms with Gasteiger partial charge in [0.15, 0.2) is 4.77 Å². The molecule has 0 aliphatic carbocycles. The van der Waals surface area contributed by atoms with Gasteiger partial charge in [0.2, 0.25) is 0 Å². The number of hydrogen-bond acceptors (Lipinski definition) is 3. The van der Waals surface area contributed by atoms with Crippen LogP contribution in [0.25, 0.3) is 16.7 Å². The van der Waals surface area contributed by atoms with Crippen LogP contribution in [0.5, 0.6) is 5.75 Å². The first kappa shape index (κ1) is 13.9. The van der Waals surface area contributed by atoms with Gasteiger partial charge in [-0.05, 0) is 42.5 Å². The van der Waals surface area contributed by atoms with Crippen molar-refractivity contribution in [3.63, 3.8) is 0 Å². The first-order valence-electron chi connectivity index (χ1n) is 6.13. The molecule has 0 fully saturated rings. The molecule has 21 heavy (non-hydrogen) atoms.